The van der Waals surface area contributed by atoms with E-state index in [0.29, 0.717) is 22.5 Å². The van der Waals surface area contributed by atoms with Crippen molar-refractivity contribution in [2.45, 2.75) is 24.1 Å². The van der Waals surface area contributed by atoms with Crippen LogP contribution in [0, 0.1) is 0 Å². The molecule has 1 unspecified atom stereocenters. The predicted octanol–water partition coefficient (Wildman–Crippen LogP) is 1.70. The van der Waals surface area contributed by atoms with E-state index in [-0.39, 0.29) is 17.8 Å². The Kier molecular flexibility index (Phi) is 5.60. The van der Waals surface area contributed by atoms with Crippen molar-refractivity contribution in [2.75, 3.05) is 24.7 Å². The van der Waals surface area contributed by atoms with Crippen LogP contribution in [0.2, 0.25) is 5.02 Å². The first kappa shape index (κ1) is 17.1. The Hall–Kier alpha value is -1.77. The van der Waals surface area contributed by atoms with Gasteiger partial charge in [0.05, 0.1) is 11.9 Å². The van der Waals surface area contributed by atoms with Gasteiger partial charge in [-0.1, -0.05) is 23.4 Å². The van der Waals surface area contributed by atoms with Gasteiger partial charge in [0.25, 0.3) is 0 Å². The Morgan fingerprint density at radius 1 is 1.42 bits per heavy atom. The minimum atomic E-state index is -0.0773. The molecule has 128 valence electrons. The highest BCUT2D eigenvalue weighted by Gasteiger charge is 2.17. The number of nitrogen functional groups attached to an aromatic ring is 1. The van der Waals surface area contributed by atoms with Crippen molar-refractivity contribution >= 4 is 29.3 Å². The van der Waals surface area contributed by atoms with Gasteiger partial charge in [0.1, 0.15) is 0 Å². The third-order valence-electron chi connectivity index (χ3n) is 3.65. The molecule has 0 bridgehead atoms. The van der Waals surface area contributed by atoms with Gasteiger partial charge in [-0.15, -0.1) is 10.2 Å². The fourth-order valence-electron chi connectivity index (χ4n) is 2.39. The Morgan fingerprint density at radius 2 is 2.21 bits per heavy atom. The Morgan fingerprint density at radius 3 is 2.92 bits per heavy atom. The summed E-state index contributed by atoms with van der Waals surface area (Å²) in [5, 5.41) is 12.1. The summed E-state index contributed by atoms with van der Waals surface area (Å²) in [6.45, 7) is 1.32. The SMILES string of the molecule is Nn1c(SCC(=O)NCC2CCCO2)nnc1-c1ccc(Cl)cc1. The van der Waals surface area contributed by atoms with Crippen LogP contribution in [0.1, 0.15) is 12.8 Å². The minimum absolute atomic E-state index is 0.0773. The smallest absolute Gasteiger partial charge is 0.230 e. The summed E-state index contributed by atoms with van der Waals surface area (Å²) in [5.41, 5.74) is 0.809. The number of nitrogens with one attached hydrogen (secondary N) is 1. The highest BCUT2D eigenvalue weighted by molar-refractivity contribution is 7.99. The molecule has 3 N–H and O–H groups in total. The largest absolute Gasteiger partial charge is 0.376 e. The van der Waals surface area contributed by atoms with Crippen LogP contribution in [0.15, 0.2) is 29.4 Å². The van der Waals surface area contributed by atoms with Crippen LogP contribution in [0.5, 0.6) is 0 Å². The Bertz CT molecular complexity index is 700. The quantitative estimate of drug-likeness (QED) is 0.596. The Balaban J connectivity index is 1.54. The van der Waals surface area contributed by atoms with Crippen LogP contribution in [-0.2, 0) is 9.53 Å². The van der Waals surface area contributed by atoms with Crippen molar-refractivity contribution in [3.8, 4) is 11.4 Å². The molecule has 9 heteroatoms. The van der Waals surface area contributed by atoms with Gasteiger partial charge in [0.15, 0.2) is 5.82 Å². The summed E-state index contributed by atoms with van der Waals surface area (Å²) >= 11 is 7.12. The topological polar surface area (TPSA) is 95.1 Å². The van der Waals surface area contributed by atoms with E-state index >= 15 is 0 Å². The van der Waals surface area contributed by atoms with Crippen molar-refractivity contribution in [2.24, 2.45) is 0 Å². The molecule has 1 aromatic heterocycles. The lowest BCUT2D eigenvalue weighted by Crippen LogP contribution is -2.33. The highest BCUT2D eigenvalue weighted by Crippen LogP contribution is 2.22. The second-order valence-electron chi connectivity index (χ2n) is 5.41. The molecule has 2 aromatic rings. The van der Waals surface area contributed by atoms with Gasteiger partial charge in [0, 0.05) is 23.7 Å². The van der Waals surface area contributed by atoms with E-state index in [9.17, 15) is 4.79 Å². The van der Waals surface area contributed by atoms with Crippen molar-refractivity contribution < 1.29 is 9.53 Å². The van der Waals surface area contributed by atoms with Gasteiger partial charge in [-0.2, -0.15) is 0 Å². The number of nitrogens with two attached hydrogens (primary N) is 1. The van der Waals surface area contributed by atoms with Crippen molar-refractivity contribution in [3.63, 3.8) is 0 Å². The van der Waals surface area contributed by atoms with Gasteiger partial charge in [0.2, 0.25) is 11.1 Å². The molecule has 1 aliphatic rings. The number of ether oxygens (including phenoxy) is 1. The number of halogens is 1. The number of hydrogen-bond donors (Lipinski definition) is 2. The molecule has 7 nitrogen and oxygen atoms in total. The zero-order chi connectivity index (χ0) is 16.9. The summed E-state index contributed by atoms with van der Waals surface area (Å²) in [6, 6.07) is 7.16. The van der Waals surface area contributed by atoms with E-state index in [1.807, 2.05) is 12.1 Å². The summed E-state index contributed by atoms with van der Waals surface area (Å²) in [5.74, 6) is 6.69. The van der Waals surface area contributed by atoms with Crippen molar-refractivity contribution in [1.82, 2.24) is 20.2 Å². The lowest BCUT2D eigenvalue weighted by atomic mass is 10.2. The molecule has 24 heavy (non-hydrogen) atoms. The molecule has 0 spiro atoms. The monoisotopic (exact) mass is 367 g/mol. The van der Waals surface area contributed by atoms with E-state index in [4.69, 9.17) is 22.2 Å². The van der Waals surface area contributed by atoms with E-state index in [1.54, 1.807) is 12.1 Å². The normalized spacial score (nSPS) is 17.1. The number of aromatic nitrogens is 3. The molecule has 1 atom stereocenters. The van der Waals surface area contributed by atoms with Gasteiger partial charge in [-0.05, 0) is 37.1 Å². The predicted molar refractivity (Wildman–Crippen MR) is 93.3 cm³/mol. The molecule has 1 saturated heterocycles. The maximum absolute atomic E-state index is 11.9. The minimum Gasteiger partial charge on any atom is -0.376 e. The van der Waals surface area contributed by atoms with Crippen LogP contribution in [0.4, 0.5) is 0 Å². The first-order valence-corrected chi connectivity index (χ1v) is 8.97. The maximum Gasteiger partial charge on any atom is 0.230 e. The molecular formula is C15H18ClN5O2S. The zero-order valence-corrected chi connectivity index (χ0v) is 14.5. The number of carbonyl (C=O) groups is 1. The Labute approximate surface area is 148 Å². The third kappa shape index (κ3) is 4.19. The van der Waals surface area contributed by atoms with Crippen LogP contribution in [0.3, 0.4) is 0 Å². The maximum atomic E-state index is 11.9. The van der Waals surface area contributed by atoms with Crippen LogP contribution in [-0.4, -0.2) is 45.8 Å². The summed E-state index contributed by atoms with van der Waals surface area (Å²) < 4.78 is 6.84. The summed E-state index contributed by atoms with van der Waals surface area (Å²) in [7, 11) is 0. The van der Waals surface area contributed by atoms with E-state index in [1.165, 1.54) is 16.4 Å². The van der Waals surface area contributed by atoms with Crippen LogP contribution in [0.25, 0.3) is 11.4 Å². The van der Waals surface area contributed by atoms with Crippen LogP contribution >= 0.6 is 23.4 Å². The molecule has 0 saturated carbocycles. The molecule has 0 radical (unpaired) electrons. The lowest BCUT2D eigenvalue weighted by Gasteiger charge is -2.10. The summed E-state index contributed by atoms with van der Waals surface area (Å²) in [6.07, 6.45) is 2.18. The van der Waals surface area contributed by atoms with Crippen molar-refractivity contribution in [1.29, 1.82) is 0 Å². The fourth-order valence-corrected chi connectivity index (χ4v) is 3.20. The molecule has 0 aliphatic carbocycles. The molecular weight excluding hydrogens is 350 g/mol. The van der Waals surface area contributed by atoms with Gasteiger partial charge < -0.3 is 15.9 Å². The van der Waals surface area contributed by atoms with E-state index < -0.39 is 0 Å². The molecule has 1 aliphatic heterocycles. The van der Waals surface area contributed by atoms with Crippen molar-refractivity contribution in [3.05, 3.63) is 29.3 Å². The average Bonchev–Trinajstić information content (AvgIpc) is 3.22. The number of amides is 1. The number of hydrogen-bond acceptors (Lipinski definition) is 6. The van der Waals surface area contributed by atoms with E-state index in [0.717, 1.165) is 25.0 Å². The molecule has 1 fully saturated rings. The molecule has 1 aromatic carbocycles. The number of benzene rings is 1. The molecule has 1 amide bonds. The van der Waals surface area contributed by atoms with Gasteiger partial charge in [-0.3, -0.25) is 4.79 Å². The van der Waals surface area contributed by atoms with Gasteiger partial charge in [-0.25, -0.2) is 4.68 Å². The molecule has 3 rings (SSSR count). The second kappa shape index (κ2) is 7.87. The van der Waals surface area contributed by atoms with E-state index in [2.05, 4.69) is 15.5 Å². The number of rotatable bonds is 6. The van der Waals surface area contributed by atoms with Crippen LogP contribution < -0.4 is 11.2 Å². The second-order valence-corrected chi connectivity index (χ2v) is 6.79. The zero-order valence-electron chi connectivity index (χ0n) is 12.9. The first-order chi connectivity index (χ1) is 11.6. The summed E-state index contributed by atoms with van der Waals surface area (Å²) in [4.78, 5) is 11.9. The third-order valence-corrected chi connectivity index (χ3v) is 4.85. The number of nitrogens with zero attached hydrogens (tertiary/aromatic N) is 3. The molecule has 2 heterocycles. The highest BCUT2D eigenvalue weighted by atomic mass is 35.5. The fraction of sp³-hybridized carbons (Fsp3) is 0.400. The first-order valence-electron chi connectivity index (χ1n) is 7.61. The standard InChI is InChI=1S/C15H18ClN5O2S/c16-11-5-3-10(4-6-11)14-19-20-15(21(14)17)24-9-13(22)18-8-12-2-1-7-23-12/h3-6,12H,1-2,7-9,17H2,(H,18,22). The van der Waals surface area contributed by atoms with Gasteiger partial charge >= 0.3 is 0 Å². The average molecular weight is 368 g/mol. The number of thioether (sulfide) groups is 1. The number of carbonyl (C=O) groups excluding carboxylic acids is 1. The lowest BCUT2D eigenvalue weighted by molar-refractivity contribution is -0.119.